The summed E-state index contributed by atoms with van der Waals surface area (Å²) in [6.07, 6.45) is 1.63. The largest absolute Gasteiger partial charge is 0.438 e. The van der Waals surface area contributed by atoms with Gasteiger partial charge in [-0.2, -0.15) is 4.98 Å². The van der Waals surface area contributed by atoms with Gasteiger partial charge in [0.25, 0.3) is 0 Å². The molecule has 4 nitrogen and oxygen atoms in total. The maximum absolute atomic E-state index is 6.19. The van der Waals surface area contributed by atoms with E-state index in [2.05, 4.69) is 9.97 Å². The molecule has 0 aliphatic carbocycles. The fourth-order valence-corrected chi connectivity index (χ4v) is 2.20. The summed E-state index contributed by atoms with van der Waals surface area (Å²) in [5, 5.41) is 2.55. The number of anilines is 1. The Balaban J connectivity index is 2.11. The predicted octanol–water partition coefficient (Wildman–Crippen LogP) is 3.97. The Hall–Kier alpha value is -2.33. The normalized spacial score (nSPS) is 10.7. The number of aryl methyl sites for hydroxylation is 1. The van der Waals surface area contributed by atoms with Gasteiger partial charge in [0.15, 0.2) is 0 Å². The van der Waals surface area contributed by atoms with E-state index in [0.717, 1.165) is 16.3 Å². The van der Waals surface area contributed by atoms with Gasteiger partial charge in [-0.25, -0.2) is 4.98 Å². The molecule has 0 fully saturated rings. The second-order valence-electron chi connectivity index (χ2n) is 4.41. The number of rotatable bonds is 2. The molecule has 0 aliphatic rings. The van der Waals surface area contributed by atoms with E-state index >= 15 is 0 Å². The number of ether oxygens (including phenoxy) is 1. The van der Waals surface area contributed by atoms with E-state index in [-0.39, 0.29) is 5.95 Å². The molecule has 0 spiro atoms. The van der Waals surface area contributed by atoms with Crippen LogP contribution in [0.2, 0.25) is 5.02 Å². The van der Waals surface area contributed by atoms with Crippen molar-refractivity contribution in [3.8, 4) is 11.6 Å². The average molecular weight is 286 g/mol. The molecule has 1 aromatic heterocycles. The average Bonchev–Trinajstić information content (AvgIpc) is 2.46. The number of nitrogens with zero attached hydrogens (tertiary/aromatic N) is 2. The van der Waals surface area contributed by atoms with Gasteiger partial charge in [0.1, 0.15) is 5.75 Å². The minimum absolute atomic E-state index is 0.184. The number of hydrogen-bond acceptors (Lipinski definition) is 4. The molecule has 5 heteroatoms. The quantitative estimate of drug-likeness (QED) is 0.774. The van der Waals surface area contributed by atoms with Crippen LogP contribution in [-0.4, -0.2) is 9.97 Å². The highest BCUT2D eigenvalue weighted by molar-refractivity contribution is 6.35. The van der Waals surface area contributed by atoms with E-state index in [1.165, 1.54) is 0 Å². The van der Waals surface area contributed by atoms with E-state index in [1.807, 2.05) is 37.3 Å². The van der Waals surface area contributed by atoms with Gasteiger partial charge >= 0.3 is 0 Å². The summed E-state index contributed by atoms with van der Waals surface area (Å²) < 4.78 is 5.87. The van der Waals surface area contributed by atoms with Gasteiger partial charge in [-0.05, 0) is 19.1 Å². The summed E-state index contributed by atoms with van der Waals surface area (Å²) in [7, 11) is 0. The van der Waals surface area contributed by atoms with Crippen molar-refractivity contribution in [3.63, 3.8) is 0 Å². The summed E-state index contributed by atoms with van der Waals surface area (Å²) in [5.74, 6) is 1.32. The van der Waals surface area contributed by atoms with Crippen LogP contribution < -0.4 is 10.5 Å². The van der Waals surface area contributed by atoms with Gasteiger partial charge in [0.05, 0.1) is 0 Å². The number of hydrogen-bond donors (Lipinski definition) is 1. The maximum atomic E-state index is 6.19. The first-order chi connectivity index (χ1) is 9.65. The van der Waals surface area contributed by atoms with Crippen molar-refractivity contribution in [3.05, 3.63) is 53.2 Å². The third-order valence-corrected chi connectivity index (χ3v) is 3.31. The number of halogens is 1. The fraction of sp³-hybridized carbons (Fsp3) is 0.0667. The highest BCUT2D eigenvalue weighted by atomic mass is 35.5. The van der Waals surface area contributed by atoms with E-state index < -0.39 is 0 Å². The van der Waals surface area contributed by atoms with Crippen LogP contribution in [0.3, 0.4) is 0 Å². The Morgan fingerprint density at radius 1 is 1.10 bits per heavy atom. The zero-order valence-electron chi connectivity index (χ0n) is 10.8. The molecule has 20 heavy (non-hydrogen) atoms. The molecule has 0 atom stereocenters. The zero-order chi connectivity index (χ0) is 14.1. The summed E-state index contributed by atoms with van der Waals surface area (Å²) in [4.78, 5) is 8.03. The van der Waals surface area contributed by atoms with Crippen LogP contribution >= 0.6 is 11.6 Å². The number of nitrogen functional groups attached to an aromatic ring is 1. The Kier molecular flexibility index (Phi) is 3.16. The van der Waals surface area contributed by atoms with E-state index in [4.69, 9.17) is 22.1 Å². The minimum atomic E-state index is 0.184. The molecular weight excluding hydrogens is 274 g/mol. The third kappa shape index (κ3) is 2.26. The van der Waals surface area contributed by atoms with Gasteiger partial charge in [-0.3, -0.25) is 0 Å². The number of nitrogens with two attached hydrogens (primary N) is 1. The molecule has 0 unspecified atom stereocenters. The molecule has 0 bridgehead atoms. The molecule has 0 saturated heterocycles. The van der Waals surface area contributed by atoms with Gasteiger partial charge in [-0.15, -0.1) is 0 Å². The lowest BCUT2D eigenvalue weighted by Gasteiger charge is -2.11. The molecule has 2 N–H and O–H groups in total. The second-order valence-corrected chi connectivity index (χ2v) is 4.82. The molecule has 0 radical (unpaired) electrons. The molecule has 3 rings (SSSR count). The standard InChI is InChI=1S/C15H12ClN3O/c1-9-8-18-15(17)19-14(9)20-13-7-6-12(16)10-4-2-3-5-11(10)13/h2-8H,1H3,(H2,17,18,19). The van der Waals surface area contributed by atoms with Crippen LogP contribution in [0.1, 0.15) is 5.56 Å². The SMILES string of the molecule is Cc1cnc(N)nc1Oc1ccc(Cl)c2ccccc12. The van der Waals surface area contributed by atoms with Gasteiger partial charge in [-0.1, -0.05) is 35.9 Å². The molecule has 0 amide bonds. The monoisotopic (exact) mass is 285 g/mol. The molecule has 1 heterocycles. The fourth-order valence-electron chi connectivity index (χ4n) is 1.97. The minimum Gasteiger partial charge on any atom is -0.438 e. The van der Waals surface area contributed by atoms with E-state index in [1.54, 1.807) is 12.3 Å². The molecular formula is C15H12ClN3O. The highest BCUT2D eigenvalue weighted by Crippen LogP contribution is 2.34. The molecule has 0 aliphatic heterocycles. The van der Waals surface area contributed by atoms with Crippen LogP contribution in [0.25, 0.3) is 10.8 Å². The molecule has 0 saturated carbocycles. The lowest BCUT2D eigenvalue weighted by Crippen LogP contribution is -1.99. The Morgan fingerprint density at radius 2 is 1.85 bits per heavy atom. The second kappa shape index (κ2) is 4.98. The van der Waals surface area contributed by atoms with Crippen LogP contribution in [0, 0.1) is 6.92 Å². The number of aromatic nitrogens is 2. The van der Waals surface area contributed by atoms with Gasteiger partial charge in [0.2, 0.25) is 11.8 Å². The Morgan fingerprint density at radius 3 is 2.65 bits per heavy atom. The van der Waals surface area contributed by atoms with Crippen molar-refractivity contribution in [2.75, 3.05) is 5.73 Å². The molecule has 100 valence electrons. The van der Waals surface area contributed by atoms with Crippen LogP contribution in [0.15, 0.2) is 42.6 Å². The lowest BCUT2D eigenvalue weighted by molar-refractivity contribution is 0.463. The van der Waals surface area contributed by atoms with Crippen molar-refractivity contribution in [2.45, 2.75) is 6.92 Å². The Labute approximate surface area is 121 Å². The first-order valence-corrected chi connectivity index (χ1v) is 6.47. The Bertz CT molecular complexity index is 789. The number of benzene rings is 2. The summed E-state index contributed by atoms with van der Waals surface area (Å²) in [5.41, 5.74) is 6.41. The maximum Gasteiger partial charge on any atom is 0.226 e. The van der Waals surface area contributed by atoms with Crippen molar-refractivity contribution >= 4 is 28.3 Å². The van der Waals surface area contributed by atoms with E-state index in [0.29, 0.717) is 16.7 Å². The lowest BCUT2D eigenvalue weighted by atomic mass is 10.1. The van der Waals surface area contributed by atoms with Crippen LogP contribution in [0.4, 0.5) is 5.95 Å². The third-order valence-electron chi connectivity index (χ3n) is 2.98. The predicted molar refractivity (Wildman–Crippen MR) is 80.2 cm³/mol. The van der Waals surface area contributed by atoms with Crippen molar-refractivity contribution in [1.82, 2.24) is 9.97 Å². The smallest absolute Gasteiger partial charge is 0.226 e. The van der Waals surface area contributed by atoms with Crippen LogP contribution in [0.5, 0.6) is 11.6 Å². The topological polar surface area (TPSA) is 61.0 Å². The number of fused-ring (bicyclic) bond motifs is 1. The van der Waals surface area contributed by atoms with E-state index in [9.17, 15) is 0 Å². The summed E-state index contributed by atoms with van der Waals surface area (Å²) in [6.45, 7) is 1.87. The van der Waals surface area contributed by atoms with Crippen molar-refractivity contribution < 1.29 is 4.74 Å². The van der Waals surface area contributed by atoms with Gasteiger partial charge < -0.3 is 10.5 Å². The zero-order valence-corrected chi connectivity index (χ0v) is 11.6. The van der Waals surface area contributed by atoms with Crippen molar-refractivity contribution in [1.29, 1.82) is 0 Å². The summed E-state index contributed by atoms with van der Waals surface area (Å²) in [6, 6.07) is 11.4. The van der Waals surface area contributed by atoms with Crippen LogP contribution in [-0.2, 0) is 0 Å². The molecule has 3 aromatic rings. The first-order valence-electron chi connectivity index (χ1n) is 6.09. The molecule has 2 aromatic carbocycles. The summed E-state index contributed by atoms with van der Waals surface area (Å²) >= 11 is 6.19. The highest BCUT2D eigenvalue weighted by Gasteiger charge is 2.09. The van der Waals surface area contributed by atoms with Crippen molar-refractivity contribution in [2.24, 2.45) is 0 Å². The first kappa shape index (κ1) is 12.7. The van der Waals surface area contributed by atoms with Gasteiger partial charge in [0, 0.05) is 27.6 Å².